The molecule has 1 fully saturated rings. The van der Waals surface area contributed by atoms with Gasteiger partial charge in [0, 0.05) is 23.7 Å². The summed E-state index contributed by atoms with van der Waals surface area (Å²) in [5, 5.41) is 8.50. The average Bonchev–Trinajstić information content (AvgIpc) is 3.01. The van der Waals surface area contributed by atoms with Gasteiger partial charge in [-0.2, -0.15) is 5.10 Å². The van der Waals surface area contributed by atoms with Crippen LogP contribution in [0.3, 0.4) is 0 Å². The SMILES string of the molecule is CC1CC(Nc2cc(Cl)ccc2-n2cncn2)CN1C. The molecule has 2 heterocycles. The van der Waals surface area contributed by atoms with Gasteiger partial charge in [0.2, 0.25) is 0 Å². The molecule has 3 rings (SSSR count). The van der Waals surface area contributed by atoms with Crippen molar-refractivity contribution in [3.05, 3.63) is 35.9 Å². The Bertz CT molecular complexity index is 573. The van der Waals surface area contributed by atoms with Crippen molar-refractivity contribution in [3.8, 4) is 5.69 Å². The summed E-state index contributed by atoms with van der Waals surface area (Å²) in [5.41, 5.74) is 1.96. The molecular formula is C14H18ClN5. The normalized spacial score (nSPS) is 23.1. The Morgan fingerprint density at radius 1 is 1.40 bits per heavy atom. The molecule has 20 heavy (non-hydrogen) atoms. The summed E-state index contributed by atoms with van der Waals surface area (Å²) in [4.78, 5) is 6.36. The predicted octanol–water partition coefficient (Wildman–Crippen LogP) is 2.43. The van der Waals surface area contributed by atoms with E-state index in [9.17, 15) is 0 Å². The molecule has 2 aromatic rings. The minimum Gasteiger partial charge on any atom is -0.379 e. The van der Waals surface area contributed by atoms with Gasteiger partial charge in [0.15, 0.2) is 0 Å². The summed E-state index contributed by atoms with van der Waals surface area (Å²) in [5.74, 6) is 0. The molecule has 1 aliphatic heterocycles. The zero-order valence-electron chi connectivity index (χ0n) is 11.6. The third kappa shape index (κ3) is 2.64. The molecule has 1 aromatic heterocycles. The molecule has 0 spiro atoms. The molecule has 0 radical (unpaired) electrons. The zero-order chi connectivity index (χ0) is 14.1. The molecule has 1 N–H and O–H groups in total. The van der Waals surface area contributed by atoms with E-state index in [1.54, 1.807) is 11.0 Å². The van der Waals surface area contributed by atoms with Crippen LogP contribution in [0.15, 0.2) is 30.9 Å². The maximum atomic E-state index is 6.13. The highest BCUT2D eigenvalue weighted by Crippen LogP contribution is 2.27. The molecule has 106 valence electrons. The van der Waals surface area contributed by atoms with Gasteiger partial charge in [-0.25, -0.2) is 9.67 Å². The summed E-state index contributed by atoms with van der Waals surface area (Å²) < 4.78 is 1.75. The summed E-state index contributed by atoms with van der Waals surface area (Å²) >= 11 is 6.13. The van der Waals surface area contributed by atoms with Gasteiger partial charge in [-0.1, -0.05) is 11.6 Å². The van der Waals surface area contributed by atoms with Crippen molar-refractivity contribution in [2.75, 3.05) is 18.9 Å². The number of nitrogens with zero attached hydrogens (tertiary/aromatic N) is 4. The van der Waals surface area contributed by atoms with Crippen molar-refractivity contribution in [1.29, 1.82) is 0 Å². The molecule has 2 unspecified atom stereocenters. The van der Waals surface area contributed by atoms with E-state index in [1.807, 2.05) is 18.2 Å². The summed E-state index contributed by atoms with van der Waals surface area (Å²) in [6.45, 7) is 3.28. The van der Waals surface area contributed by atoms with E-state index in [0.717, 1.165) is 29.4 Å². The number of likely N-dealkylation sites (tertiary alicyclic amines) is 1. The second-order valence-corrected chi connectivity index (χ2v) is 5.80. The monoisotopic (exact) mass is 291 g/mol. The fraction of sp³-hybridized carbons (Fsp3) is 0.429. The quantitative estimate of drug-likeness (QED) is 0.943. The lowest BCUT2D eigenvalue weighted by atomic mass is 10.1. The highest BCUT2D eigenvalue weighted by Gasteiger charge is 2.26. The minimum absolute atomic E-state index is 0.427. The molecule has 6 heteroatoms. The van der Waals surface area contributed by atoms with E-state index < -0.39 is 0 Å². The van der Waals surface area contributed by atoms with E-state index in [1.165, 1.54) is 6.33 Å². The van der Waals surface area contributed by atoms with Crippen molar-refractivity contribution >= 4 is 17.3 Å². The summed E-state index contributed by atoms with van der Waals surface area (Å²) in [7, 11) is 2.16. The van der Waals surface area contributed by atoms with Gasteiger partial charge in [0.25, 0.3) is 0 Å². The molecule has 0 saturated carbocycles. The van der Waals surface area contributed by atoms with E-state index >= 15 is 0 Å². The molecular weight excluding hydrogens is 274 g/mol. The van der Waals surface area contributed by atoms with Crippen LogP contribution in [0.4, 0.5) is 5.69 Å². The number of benzene rings is 1. The highest BCUT2D eigenvalue weighted by molar-refractivity contribution is 6.31. The maximum absolute atomic E-state index is 6.13. The van der Waals surface area contributed by atoms with E-state index in [-0.39, 0.29) is 0 Å². The van der Waals surface area contributed by atoms with Gasteiger partial charge >= 0.3 is 0 Å². The molecule has 1 aromatic carbocycles. The van der Waals surface area contributed by atoms with E-state index in [2.05, 4.69) is 34.3 Å². The first-order valence-corrected chi connectivity index (χ1v) is 7.12. The highest BCUT2D eigenvalue weighted by atomic mass is 35.5. The molecule has 0 aliphatic carbocycles. The van der Waals surface area contributed by atoms with Crippen LogP contribution in [0.25, 0.3) is 5.69 Å². The van der Waals surface area contributed by atoms with Crippen LogP contribution in [0.1, 0.15) is 13.3 Å². The lowest BCUT2D eigenvalue weighted by Gasteiger charge is -2.17. The van der Waals surface area contributed by atoms with Crippen LogP contribution in [0, 0.1) is 0 Å². The van der Waals surface area contributed by atoms with Gasteiger partial charge in [0.1, 0.15) is 12.7 Å². The minimum atomic E-state index is 0.427. The molecule has 0 bridgehead atoms. The largest absolute Gasteiger partial charge is 0.379 e. The smallest absolute Gasteiger partial charge is 0.138 e. The van der Waals surface area contributed by atoms with Crippen LogP contribution in [-0.4, -0.2) is 45.3 Å². The molecule has 1 aliphatic rings. The van der Waals surface area contributed by atoms with Crippen LogP contribution < -0.4 is 5.32 Å². The molecule has 0 amide bonds. The number of hydrogen-bond donors (Lipinski definition) is 1. The van der Waals surface area contributed by atoms with Gasteiger partial charge in [-0.3, -0.25) is 0 Å². The van der Waals surface area contributed by atoms with E-state index in [4.69, 9.17) is 11.6 Å². The number of nitrogens with one attached hydrogen (secondary N) is 1. The van der Waals surface area contributed by atoms with Crippen molar-refractivity contribution < 1.29 is 0 Å². The van der Waals surface area contributed by atoms with Crippen molar-refractivity contribution in [2.24, 2.45) is 0 Å². The predicted molar refractivity (Wildman–Crippen MR) is 80.5 cm³/mol. The summed E-state index contributed by atoms with van der Waals surface area (Å²) in [6, 6.07) is 6.80. The second-order valence-electron chi connectivity index (χ2n) is 5.37. The van der Waals surface area contributed by atoms with Crippen molar-refractivity contribution in [1.82, 2.24) is 19.7 Å². The molecule has 1 saturated heterocycles. The average molecular weight is 292 g/mol. The maximum Gasteiger partial charge on any atom is 0.138 e. The number of aromatic nitrogens is 3. The third-order valence-corrected chi connectivity index (χ3v) is 4.11. The van der Waals surface area contributed by atoms with Gasteiger partial charge in [-0.05, 0) is 38.6 Å². The number of anilines is 1. The van der Waals surface area contributed by atoms with Crippen LogP contribution in [0.2, 0.25) is 5.02 Å². The van der Waals surface area contributed by atoms with E-state index in [0.29, 0.717) is 12.1 Å². The first-order valence-electron chi connectivity index (χ1n) is 6.75. The first kappa shape index (κ1) is 13.4. The standard InChI is InChI=1S/C14H18ClN5/c1-10-5-12(7-19(10)2)18-13-6-11(15)3-4-14(13)20-9-16-8-17-20/h3-4,6,8-10,12,18H,5,7H2,1-2H3. The Balaban J connectivity index is 1.87. The molecule has 2 atom stereocenters. The number of hydrogen-bond acceptors (Lipinski definition) is 4. The Hall–Kier alpha value is -1.59. The third-order valence-electron chi connectivity index (χ3n) is 3.87. The number of rotatable bonds is 3. The fourth-order valence-electron chi connectivity index (χ4n) is 2.67. The molecule has 5 nitrogen and oxygen atoms in total. The van der Waals surface area contributed by atoms with Crippen LogP contribution in [-0.2, 0) is 0 Å². The first-order chi connectivity index (χ1) is 9.63. The van der Waals surface area contributed by atoms with Gasteiger partial charge in [-0.15, -0.1) is 0 Å². The fourth-order valence-corrected chi connectivity index (χ4v) is 2.85. The Morgan fingerprint density at radius 3 is 2.90 bits per heavy atom. The second kappa shape index (κ2) is 5.42. The Kier molecular flexibility index (Phi) is 3.63. The number of halogens is 1. The lowest BCUT2D eigenvalue weighted by Crippen LogP contribution is -2.25. The number of likely N-dealkylation sites (N-methyl/N-ethyl adjacent to an activating group) is 1. The van der Waals surface area contributed by atoms with Crippen LogP contribution in [0.5, 0.6) is 0 Å². The van der Waals surface area contributed by atoms with Crippen molar-refractivity contribution in [2.45, 2.75) is 25.4 Å². The zero-order valence-corrected chi connectivity index (χ0v) is 12.4. The Morgan fingerprint density at radius 2 is 2.25 bits per heavy atom. The lowest BCUT2D eigenvalue weighted by molar-refractivity contribution is 0.330. The summed E-state index contributed by atoms with van der Waals surface area (Å²) in [6.07, 6.45) is 4.35. The topological polar surface area (TPSA) is 46.0 Å². The van der Waals surface area contributed by atoms with Gasteiger partial charge in [0.05, 0.1) is 11.4 Å². The van der Waals surface area contributed by atoms with Crippen LogP contribution >= 0.6 is 11.6 Å². The van der Waals surface area contributed by atoms with Crippen molar-refractivity contribution in [3.63, 3.8) is 0 Å². The Labute approximate surface area is 123 Å². The van der Waals surface area contributed by atoms with Gasteiger partial charge < -0.3 is 10.2 Å².